The molecule has 1 fully saturated rings. The largest absolute Gasteiger partial charge is 0.468 e. The lowest BCUT2D eigenvalue weighted by Crippen LogP contribution is -2.45. The van der Waals surface area contributed by atoms with Crippen LogP contribution in [0.1, 0.15) is 11.6 Å². The van der Waals surface area contributed by atoms with Crippen LogP contribution in [0.4, 0.5) is 0 Å². The lowest BCUT2D eigenvalue weighted by Gasteiger charge is -2.29. The van der Waals surface area contributed by atoms with Crippen LogP contribution in [-0.4, -0.2) is 30.6 Å². The van der Waals surface area contributed by atoms with Crippen LogP contribution in [0, 0.1) is 0 Å². The second kappa shape index (κ2) is 5.89. The van der Waals surface area contributed by atoms with E-state index in [-0.39, 0.29) is 18.1 Å². The molecule has 2 rings (SSSR count). The molecule has 1 heterocycles. The number of halogens is 1. The minimum Gasteiger partial charge on any atom is -0.468 e. The van der Waals surface area contributed by atoms with Crippen molar-refractivity contribution in [3.63, 3.8) is 0 Å². The highest BCUT2D eigenvalue weighted by atomic mass is 79.9. The predicted octanol–water partition coefficient (Wildman–Crippen LogP) is 2.37. The van der Waals surface area contributed by atoms with Crippen LogP contribution in [0.3, 0.4) is 0 Å². The van der Waals surface area contributed by atoms with Gasteiger partial charge in [0.05, 0.1) is 7.11 Å². The molecular weight excluding hydrogens is 302 g/mol. The highest BCUT2D eigenvalue weighted by molar-refractivity contribution is 9.10. The summed E-state index contributed by atoms with van der Waals surface area (Å²) in [4.78, 5) is 11.5. The minimum atomic E-state index is -0.201. The van der Waals surface area contributed by atoms with Crippen molar-refractivity contribution in [2.75, 3.05) is 18.6 Å². The number of benzene rings is 1. The van der Waals surface area contributed by atoms with Crippen LogP contribution in [0.15, 0.2) is 28.7 Å². The third-order valence-corrected chi connectivity index (χ3v) is 4.40. The summed E-state index contributed by atoms with van der Waals surface area (Å²) in [6.07, 6.45) is 0. The van der Waals surface area contributed by atoms with Crippen molar-refractivity contribution in [1.82, 2.24) is 5.32 Å². The minimum absolute atomic E-state index is 0.181. The molecule has 1 aliphatic rings. The first-order valence-corrected chi connectivity index (χ1v) is 7.32. The van der Waals surface area contributed by atoms with Gasteiger partial charge >= 0.3 is 5.97 Å². The van der Waals surface area contributed by atoms with E-state index in [2.05, 4.69) is 33.4 Å². The van der Waals surface area contributed by atoms with E-state index in [0.29, 0.717) is 0 Å². The predicted molar refractivity (Wildman–Crippen MR) is 73.1 cm³/mol. The van der Waals surface area contributed by atoms with Gasteiger partial charge in [-0.1, -0.05) is 28.1 Å². The van der Waals surface area contributed by atoms with Gasteiger partial charge in [0, 0.05) is 22.0 Å². The SMILES string of the molecule is COC(=O)C1CSCC(c2ccc(Br)cc2)N1. The topological polar surface area (TPSA) is 38.3 Å². The summed E-state index contributed by atoms with van der Waals surface area (Å²) in [6.45, 7) is 0. The molecule has 0 bridgehead atoms. The van der Waals surface area contributed by atoms with Gasteiger partial charge in [-0.2, -0.15) is 11.8 Å². The monoisotopic (exact) mass is 315 g/mol. The molecule has 5 heteroatoms. The molecule has 92 valence electrons. The van der Waals surface area contributed by atoms with Crippen LogP contribution >= 0.6 is 27.7 Å². The molecule has 0 spiro atoms. The fraction of sp³-hybridized carbons (Fsp3) is 0.417. The molecule has 0 aromatic heterocycles. The van der Waals surface area contributed by atoms with Crippen molar-refractivity contribution in [2.24, 2.45) is 0 Å². The van der Waals surface area contributed by atoms with Crippen LogP contribution in [0.2, 0.25) is 0 Å². The summed E-state index contributed by atoms with van der Waals surface area (Å²) < 4.78 is 5.83. The van der Waals surface area contributed by atoms with Crippen molar-refractivity contribution < 1.29 is 9.53 Å². The molecule has 3 nitrogen and oxygen atoms in total. The molecular formula is C12H14BrNO2S. The molecule has 0 aliphatic carbocycles. The van der Waals surface area contributed by atoms with Crippen LogP contribution in [0.5, 0.6) is 0 Å². The van der Waals surface area contributed by atoms with Gasteiger partial charge in [-0.25, -0.2) is 0 Å². The Labute approximate surface area is 113 Å². The Morgan fingerprint density at radius 1 is 1.41 bits per heavy atom. The smallest absolute Gasteiger partial charge is 0.323 e. The van der Waals surface area contributed by atoms with Gasteiger partial charge in [0.1, 0.15) is 6.04 Å². The van der Waals surface area contributed by atoms with E-state index < -0.39 is 0 Å². The van der Waals surface area contributed by atoms with Gasteiger partial charge in [-0.15, -0.1) is 0 Å². The fourth-order valence-corrected chi connectivity index (χ4v) is 3.20. The zero-order valence-electron chi connectivity index (χ0n) is 9.48. The van der Waals surface area contributed by atoms with Crippen molar-refractivity contribution in [2.45, 2.75) is 12.1 Å². The third-order valence-electron chi connectivity index (χ3n) is 2.73. The average Bonchev–Trinajstić information content (AvgIpc) is 2.39. The number of carbonyl (C=O) groups is 1. The first-order chi connectivity index (χ1) is 8.20. The number of rotatable bonds is 2. The van der Waals surface area contributed by atoms with E-state index in [9.17, 15) is 4.79 Å². The number of hydrogen-bond donors (Lipinski definition) is 1. The van der Waals surface area contributed by atoms with Crippen molar-refractivity contribution in [3.8, 4) is 0 Å². The maximum atomic E-state index is 11.5. The van der Waals surface area contributed by atoms with Gasteiger partial charge in [0.15, 0.2) is 0 Å². The molecule has 2 unspecified atom stereocenters. The maximum absolute atomic E-state index is 11.5. The van der Waals surface area contributed by atoms with Crippen LogP contribution < -0.4 is 5.32 Å². The van der Waals surface area contributed by atoms with Crippen LogP contribution in [0.25, 0.3) is 0 Å². The molecule has 1 N–H and O–H groups in total. The Hall–Kier alpha value is -0.520. The first kappa shape index (κ1) is 12.9. The molecule has 1 aliphatic heterocycles. The van der Waals surface area contributed by atoms with E-state index in [1.165, 1.54) is 12.7 Å². The normalized spacial score (nSPS) is 24.4. The zero-order valence-corrected chi connectivity index (χ0v) is 11.9. The molecule has 0 saturated carbocycles. The molecule has 0 amide bonds. The Balaban J connectivity index is 2.06. The van der Waals surface area contributed by atoms with Crippen molar-refractivity contribution in [3.05, 3.63) is 34.3 Å². The second-order valence-corrected chi connectivity index (χ2v) is 5.87. The number of methoxy groups -OCH3 is 1. The van der Waals surface area contributed by atoms with E-state index >= 15 is 0 Å². The average molecular weight is 316 g/mol. The number of carbonyl (C=O) groups excluding carboxylic acids is 1. The molecule has 0 radical (unpaired) electrons. The van der Waals surface area contributed by atoms with Crippen LogP contribution in [-0.2, 0) is 9.53 Å². The number of esters is 1. The zero-order chi connectivity index (χ0) is 12.3. The van der Waals surface area contributed by atoms with Gasteiger partial charge in [-0.3, -0.25) is 10.1 Å². The Morgan fingerprint density at radius 3 is 2.76 bits per heavy atom. The summed E-state index contributed by atoms with van der Waals surface area (Å²) in [5.41, 5.74) is 1.20. The lowest BCUT2D eigenvalue weighted by molar-refractivity contribution is -0.142. The third kappa shape index (κ3) is 3.24. The lowest BCUT2D eigenvalue weighted by atomic mass is 10.1. The number of nitrogens with one attached hydrogen (secondary N) is 1. The summed E-state index contributed by atoms with van der Waals surface area (Å²) in [6, 6.07) is 8.19. The summed E-state index contributed by atoms with van der Waals surface area (Å²) in [5.74, 6) is 1.58. The Bertz CT molecular complexity index is 396. The van der Waals surface area contributed by atoms with E-state index in [1.807, 2.05) is 12.1 Å². The molecule has 1 saturated heterocycles. The van der Waals surface area contributed by atoms with Gasteiger partial charge in [0.25, 0.3) is 0 Å². The van der Waals surface area contributed by atoms with E-state index in [0.717, 1.165) is 16.0 Å². The summed E-state index contributed by atoms with van der Waals surface area (Å²) >= 11 is 5.19. The molecule has 1 aromatic rings. The standard InChI is InChI=1S/C12H14BrNO2S/c1-16-12(15)11-7-17-6-10(14-11)8-2-4-9(13)5-3-8/h2-5,10-11,14H,6-7H2,1H3. The Morgan fingerprint density at radius 2 is 2.12 bits per heavy atom. The molecule has 1 aromatic carbocycles. The highest BCUT2D eigenvalue weighted by Gasteiger charge is 2.28. The molecule has 17 heavy (non-hydrogen) atoms. The maximum Gasteiger partial charge on any atom is 0.323 e. The fourth-order valence-electron chi connectivity index (χ4n) is 1.81. The number of hydrogen-bond acceptors (Lipinski definition) is 4. The van der Waals surface area contributed by atoms with Crippen molar-refractivity contribution >= 4 is 33.7 Å². The number of ether oxygens (including phenoxy) is 1. The van der Waals surface area contributed by atoms with Crippen molar-refractivity contribution in [1.29, 1.82) is 0 Å². The molecule has 2 atom stereocenters. The highest BCUT2D eigenvalue weighted by Crippen LogP contribution is 2.25. The quantitative estimate of drug-likeness (QED) is 0.850. The van der Waals surface area contributed by atoms with Gasteiger partial charge < -0.3 is 4.74 Å². The number of thioether (sulfide) groups is 1. The van der Waals surface area contributed by atoms with E-state index in [1.54, 1.807) is 11.8 Å². The summed E-state index contributed by atoms with van der Waals surface area (Å²) in [5, 5.41) is 3.33. The van der Waals surface area contributed by atoms with Gasteiger partial charge in [0.2, 0.25) is 0 Å². The second-order valence-electron chi connectivity index (χ2n) is 3.88. The first-order valence-electron chi connectivity index (χ1n) is 5.38. The summed E-state index contributed by atoms with van der Waals surface area (Å²) in [7, 11) is 1.43. The Kier molecular flexibility index (Phi) is 4.48. The van der Waals surface area contributed by atoms with E-state index in [4.69, 9.17) is 4.74 Å². The van der Waals surface area contributed by atoms with Gasteiger partial charge in [-0.05, 0) is 17.7 Å².